The molecule has 5 heteroatoms. The Morgan fingerprint density at radius 1 is 1.15 bits per heavy atom. The van der Waals surface area contributed by atoms with Gasteiger partial charge in [0.1, 0.15) is 11.8 Å². The highest BCUT2D eigenvalue weighted by atomic mass is 16.5. The maximum Gasteiger partial charge on any atom is 0.245 e. The van der Waals surface area contributed by atoms with Crippen LogP contribution in [0.5, 0.6) is 0 Å². The van der Waals surface area contributed by atoms with Crippen molar-refractivity contribution < 1.29 is 14.3 Å². The summed E-state index contributed by atoms with van der Waals surface area (Å²) in [4.78, 5) is 28.0. The quantitative estimate of drug-likeness (QED) is 0.884. The Morgan fingerprint density at radius 2 is 1.81 bits per heavy atom. The number of amides is 2. The molecule has 2 atom stereocenters. The summed E-state index contributed by atoms with van der Waals surface area (Å²) < 4.78 is 6.21. The second-order valence-electron chi connectivity index (χ2n) is 8.58. The summed E-state index contributed by atoms with van der Waals surface area (Å²) in [6.07, 6.45) is 5.65. The van der Waals surface area contributed by atoms with E-state index in [1.165, 1.54) is 0 Å². The molecule has 1 aromatic rings. The third-order valence-electron chi connectivity index (χ3n) is 6.44. The van der Waals surface area contributed by atoms with Crippen LogP contribution >= 0.6 is 0 Å². The van der Waals surface area contributed by atoms with Gasteiger partial charge in [0, 0.05) is 5.92 Å². The van der Waals surface area contributed by atoms with E-state index in [2.05, 4.69) is 12.2 Å². The highest BCUT2D eigenvalue weighted by molar-refractivity contribution is 5.90. The summed E-state index contributed by atoms with van der Waals surface area (Å²) in [5.74, 6) is 0.762. The maximum atomic E-state index is 13.1. The fraction of sp³-hybridized carbons (Fsp3) is 0.636. The predicted molar refractivity (Wildman–Crippen MR) is 103 cm³/mol. The normalized spacial score (nSPS) is 31.7. The van der Waals surface area contributed by atoms with Gasteiger partial charge in [-0.2, -0.15) is 0 Å². The fourth-order valence-electron chi connectivity index (χ4n) is 4.47. The van der Waals surface area contributed by atoms with E-state index < -0.39 is 11.8 Å². The average molecular weight is 370 g/mol. The van der Waals surface area contributed by atoms with Crippen molar-refractivity contribution in [1.82, 2.24) is 10.2 Å². The number of carbonyl (C=O) groups excluding carboxylic acids is 2. The van der Waals surface area contributed by atoms with Gasteiger partial charge in [0.05, 0.1) is 12.6 Å². The van der Waals surface area contributed by atoms with Crippen LogP contribution in [0.1, 0.15) is 64.0 Å². The van der Waals surface area contributed by atoms with Crippen LogP contribution in [0.2, 0.25) is 0 Å². The number of hydrogen-bond donors (Lipinski definition) is 1. The molecule has 0 bridgehead atoms. The van der Waals surface area contributed by atoms with Crippen LogP contribution in [0.4, 0.5) is 0 Å². The second kappa shape index (κ2) is 7.27. The molecule has 2 saturated carbocycles. The molecule has 2 aliphatic carbocycles. The number of ether oxygens (including phenoxy) is 1. The molecule has 1 spiro atoms. The zero-order chi connectivity index (χ0) is 19.0. The van der Waals surface area contributed by atoms with E-state index in [0.717, 1.165) is 44.1 Å². The van der Waals surface area contributed by atoms with Gasteiger partial charge in [-0.25, -0.2) is 0 Å². The van der Waals surface area contributed by atoms with E-state index in [4.69, 9.17) is 4.74 Å². The summed E-state index contributed by atoms with van der Waals surface area (Å²) in [5.41, 5.74) is 0.496. The molecule has 5 nitrogen and oxygen atoms in total. The molecule has 2 unspecified atom stereocenters. The van der Waals surface area contributed by atoms with E-state index >= 15 is 0 Å². The Bertz CT molecular complexity index is 693. The van der Waals surface area contributed by atoms with E-state index in [-0.39, 0.29) is 23.8 Å². The SMILES string of the molecule is CC1CCC2(CC1)OCC(C(=O)NC(C)c1ccccc1)N2C(=O)C1CC1. The highest BCUT2D eigenvalue weighted by Crippen LogP contribution is 2.45. The number of nitrogens with zero attached hydrogens (tertiary/aromatic N) is 1. The van der Waals surface area contributed by atoms with Gasteiger partial charge in [0.25, 0.3) is 0 Å². The standard InChI is InChI=1S/C22H30N2O3/c1-15-10-12-22(13-11-15)24(21(26)18-8-9-18)19(14-27-22)20(25)23-16(2)17-6-4-3-5-7-17/h3-7,15-16,18-19H,8-14H2,1-2H3,(H,23,25). The Labute approximate surface area is 161 Å². The second-order valence-corrected chi connectivity index (χ2v) is 8.58. The minimum absolute atomic E-state index is 0.0878. The third-order valence-corrected chi connectivity index (χ3v) is 6.44. The lowest BCUT2D eigenvalue weighted by Crippen LogP contribution is -2.57. The van der Waals surface area contributed by atoms with Crippen LogP contribution in [0.3, 0.4) is 0 Å². The molecular formula is C22H30N2O3. The highest BCUT2D eigenvalue weighted by Gasteiger charge is 2.55. The van der Waals surface area contributed by atoms with Crippen LogP contribution in [0, 0.1) is 11.8 Å². The molecule has 0 aromatic heterocycles. The number of benzene rings is 1. The maximum absolute atomic E-state index is 13.1. The molecule has 1 aromatic carbocycles. The summed E-state index contributed by atoms with van der Waals surface area (Å²) in [6.45, 7) is 4.54. The van der Waals surface area contributed by atoms with Crippen LogP contribution in [-0.2, 0) is 14.3 Å². The molecule has 1 saturated heterocycles. The van der Waals surface area contributed by atoms with E-state index in [1.54, 1.807) is 0 Å². The molecule has 146 valence electrons. The van der Waals surface area contributed by atoms with Crippen molar-refractivity contribution in [3.05, 3.63) is 35.9 Å². The summed E-state index contributed by atoms with van der Waals surface area (Å²) in [7, 11) is 0. The van der Waals surface area contributed by atoms with Gasteiger partial charge in [-0.1, -0.05) is 37.3 Å². The molecule has 1 aliphatic heterocycles. The van der Waals surface area contributed by atoms with Crippen molar-refractivity contribution in [3.8, 4) is 0 Å². The Kier molecular flexibility index (Phi) is 4.97. The van der Waals surface area contributed by atoms with Gasteiger partial charge >= 0.3 is 0 Å². The molecule has 2 amide bonds. The number of carbonyl (C=O) groups is 2. The largest absolute Gasteiger partial charge is 0.353 e. The Hall–Kier alpha value is -1.88. The minimum atomic E-state index is -0.565. The first-order valence-electron chi connectivity index (χ1n) is 10.3. The lowest BCUT2D eigenvalue weighted by molar-refractivity contribution is -0.162. The molecule has 0 radical (unpaired) electrons. The fourth-order valence-corrected chi connectivity index (χ4v) is 4.47. The summed E-state index contributed by atoms with van der Waals surface area (Å²) in [6, 6.07) is 9.31. The molecule has 1 heterocycles. The lowest BCUT2D eigenvalue weighted by Gasteiger charge is -2.43. The molecular weight excluding hydrogens is 340 g/mol. The first-order chi connectivity index (χ1) is 13.0. The van der Waals surface area contributed by atoms with Crippen molar-refractivity contribution in [3.63, 3.8) is 0 Å². The van der Waals surface area contributed by atoms with Crippen LogP contribution in [-0.4, -0.2) is 35.1 Å². The Balaban J connectivity index is 1.52. The van der Waals surface area contributed by atoms with Gasteiger partial charge < -0.3 is 10.1 Å². The van der Waals surface area contributed by atoms with E-state index in [0.29, 0.717) is 12.5 Å². The number of nitrogens with one attached hydrogen (secondary N) is 1. The third kappa shape index (κ3) is 3.62. The first kappa shape index (κ1) is 18.5. The van der Waals surface area contributed by atoms with Crippen molar-refractivity contribution in [2.24, 2.45) is 11.8 Å². The molecule has 4 rings (SSSR count). The van der Waals surface area contributed by atoms with E-state index in [1.807, 2.05) is 42.2 Å². The van der Waals surface area contributed by atoms with Gasteiger partial charge in [0.15, 0.2) is 0 Å². The van der Waals surface area contributed by atoms with Gasteiger partial charge in [-0.05, 0) is 56.9 Å². The zero-order valence-electron chi connectivity index (χ0n) is 16.3. The lowest BCUT2D eigenvalue weighted by atomic mass is 9.83. The number of hydrogen-bond acceptors (Lipinski definition) is 3. The average Bonchev–Trinajstić information content (AvgIpc) is 3.46. The predicted octanol–water partition coefficient (Wildman–Crippen LogP) is 3.41. The van der Waals surface area contributed by atoms with Crippen LogP contribution < -0.4 is 5.32 Å². The molecule has 3 fully saturated rings. The summed E-state index contributed by atoms with van der Waals surface area (Å²) in [5, 5.41) is 3.10. The van der Waals surface area contributed by atoms with Crippen molar-refractivity contribution in [2.45, 2.75) is 70.2 Å². The molecule has 1 N–H and O–H groups in total. The molecule has 27 heavy (non-hydrogen) atoms. The minimum Gasteiger partial charge on any atom is -0.353 e. The summed E-state index contributed by atoms with van der Waals surface area (Å²) >= 11 is 0. The van der Waals surface area contributed by atoms with Gasteiger partial charge in [-0.15, -0.1) is 0 Å². The monoisotopic (exact) mass is 370 g/mol. The van der Waals surface area contributed by atoms with E-state index in [9.17, 15) is 9.59 Å². The number of rotatable bonds is 4. The van der Waals surface area contributed by atoms with Crippen molar-refractivity contribution in [2.75, 3.05) is 6.61 Å². The Morgan fingerprint density at radius 3 is 2.44 bits per heavy atom. The first-order valence-corrected chi connectivity index (χ1v) is 10.3. The van der Waals surface area contributed by atoms with Crippen molar-refractivity contribution >= 4 is 11.8 Å². The van der Waals surface area contributed by atoms with Gasteiger partial charge in [0.2, 0.25) is 11.8 Å². The topological polar surface area (TPSA) is 58.6 Å². The van der Waals surface area contributed by atoms with Crippen LogP contribution in [0.15, 0.2) is 30.3 Å². The van der Waals surface area contributed by atoms with Gasteiger partial charge in [-0.3, -0.25) is 14.5 Å². The molecule has 3 aliphatic rings. The smallest absolute Gasteiger partial charge is 0.245 e. The zero-order valence-corrected chi connectivity index (χ0v) is 16.3. The van der Waals surface area contributed by atoms with Crippen LogP contribution in [0.25, 0.3) is 0 Å². The van der Waals surface area contributed by atoms with Crippen molar-refractivity contribution in [1.29, 1.82) is 0 Å².